The van der Waals surface area contributed by atoms with E-state index >= 15 is 0 Å². The predicted octanol–water partition coefficient (Wildman–Crippen LogP) is 3.06. The molecule has 0 bridgehead atoms. The van der Waals surface area contributed by atoms with Crippen LogP contribution in [0.15, 0.2) is 41.2 Å². The molecule has 0 spiro atoms. The van der Waals surface area contributed by atoms with Crippen molar-refractivity contribution in [1.82, 2.24) is 14.9 Å². The molecule has 0 saturated carbocycles. The van der Waals surface area contributed by atoms with Crippen molar-refractivity contribution in [3.63, 3.8) is 0 Å². The second-order valence-corrected chi connectivity index (χ2v) is 5.23. The summed E-state index contributed by atoms with van der Waals surface area (Å²) >= 11 is 0. The van der Waals surface area contributed by atoms with Crippen molar-refractivity contribution in [3.8, 4) is 11.4 Å². The van der Waals surface area contributed by atoms with Gasteiger partial charge in [0.05, 0.1) is 5.69 Å². The minimum Gasteiger partial charge on any atom is -0.307 e. The molecule has 1 heterocycles. The van der Waals surface area contributed by atoms with E-state index in [2.05, 4.69) is 28.7 Å². The summed E-state index contributed by atoms with van der Waals surface area (Å²) in [5, 5.41) is 0. The Bertz CT molecular complexity index is 601. The largest absolute Gasteiger partial charge is 0.307 e. The van der Waals surface area contributed by atoms with Gasteiger partial charge in [0.25, 0.3) is 5.56 Å². The molecule has 0 amide bonds. The Kier molecular flexibility index (Phi) is 5.69. The second kappa shape index (κ2) is 7.74. The third kappa shape index (κ3) is 4.53. The number of benzene rings is 1. The lowest BCUT2D eigenvalue weighted by atomic mass is 10.2. The number of rotatable bonds is 7. The first-order chi connectivity index (χ1) is 10.2. The number of nitrogens with one attached hydrogen (secondary N) is 1. The van der Waals surface area contributed by atoms with Crippen LogP contribution in [0.5, 0.6) is 0 Å². The van der Waals surface area contributed by atoms with E-state index in [0.29, 0.717) is 5.82 Å². The summed E-state index contributed by atoms with van der Waals surface area (Å²) < 4.78 is 0. The molecule has 1 aromatic carbocycles. The van der Waals surface area contributed by atoms with E-state index in [1.54, 1.807) is 6.07 Å². The molecule has 1 N–H and O–H groups in total. The monoisotopic (exact) mass is 285 g/mol. The molecule has 0 aliphatic heterocycles. The van der Waals surface area contributed by atoms with Crippen molar-refractivity contribution < 1.29 is 0 Å². The smallest absolute Gasteiger partial charge is 0.251 e. The molecular formula is C17H23N3O. The molecule has 0 unspecified atom stereocenters. The molecule has 0 fully saturated rings. The average molecular weight is 285 g/mol. The minimum absolute atomic E-state index is 0.0909. The topological polar surface area (TPSA) is 49.0 Å². The lowest BCUT2D eigenvalue weighted by molar-refractivity contribution is 0.263. The number of hydrogen-bond donors (Lipinski definition) is 1. The molecule has 112 valence electrons. The molecule has 2 rings (SSSR count). The predicted molar refractivity (Wildman–Crippen MR) is 86.2 cm³/mol. The standard InChI is InChI=1S/C17H23N3O/c1-3-10-20(11-4-2)13-15-12-16(21)19-17(18-15)14-8-6-5-7-9-14/h5-9,12H,3-4,10-11,13H2,1-2H3,(H,18,19,21). The van der Waals surface area contributed by atoms with E-state index in [4.69, 9.17) is 0 Å². The molecule has 21 heavy (non-hydrogen) atoms. The molecule has 2 aromatic rings. The zero-order valence-corrected chi connectivity index (χ0v) is 12.8. The molecular weight excluding hydrogens is 262 g/mol. The average Bonchev–Trinajstić information content (AvgIpc) is 2.48. The lowest BCUT2D eigenvalue weighted by Crippen LogP contribution is -2.26. The van der Waals surface area contributed by atoms with Gasteiger partial charge in [-0.15, -0.1) is 0 Å². The SMILES string of the molecule is CCCN(CCC)Cc1cc(=O)[nH]c(-c2ccccc2)n1. The van der Waals surface area contributed by atoms with Gasteiger partial charge in [-0.3, -0.25) is 9.69 Å². The zero-order valence-electron chi connectivity index (χ0n) is 12.8. The fraction of sp³-hybridized carbons (Fsp3) is 0.412. The summed E-state index contributed by atoms with van der Waals surface area (Å²) in [4.78, 5) is 21.6. The summed E-state index contributed by atoms with van der Waals surface area (Å²) in [5.41, 5.74) is 1.68. The Balaban J connectivity index is 2.24. The molecule has 0 aliphatic carbocycles. The van der Waals surface area contributed by atoms with Gasteiger partial charge >= 0.3 is 0 Å². The maximum atomic E-state index is 11.9. The molecule has 0 aliphatic rings. The normalized spacial score (nSPS) is 11.0. The first kappa shape index (κ1) is 15.4. The summed E-state index contributed by atoms with van der Waals surface area (Å²) in [7, 11) is 0. The van der Waals surface area contributed by atoms with Crippen LogP contribution in [0.4, 0.5) is 0 Å². The summed E-state index contributed by atoms with van der Waals surface area (Å²) in [6.45, 7) is 7.13. The van der Waals surface area contributed by atoms with Crippen LogP contribution in [0.1, 0.15) is 32.4 Å². The van der Waals surface area contributed by atoms with Crippen LogP contribution in [0.2, 0.25) is 0 Å². The van der Waals surface area contributed by atoms with E-state index in [0.717, 1.165) is 43.7 Å². The number of H-pyrrole nitrogens is 1. The van der Waals surface area contributed by atoms with Crippen molar-refractivity contribution in [2.45, 2.75) is 33.2 Å². The van der Waals surface area contributed by atoms with E-state index in [9.17, 15) is 4.79 Å². The van der Waals surface area contributed by atoms with Crippen molar-refractivity contribution in [2.24, 2.45) is 0 Å². The number of aromatic amines is 1. The second-order valence-electron chi connectivity index (χ2n) is 5.23. The van der Waals surface area contributed by atoms with Crippen molar-refractivity contribution in [1.29, 1.82) is 0 Å². The van der Waals surface area contributed by atoms with Crippen LogP contribution < -0.4 is 5.56 Å². The quantitative estimate of drug-likeness (QED) is 0.850. The van der Waals surface area contributed by atoms with Crippen molar-refractivity contribution >= 4 is 0 Å². The van der Waals surface area contributed by atoms with E-state index in [1.165, 1.54) is 0 Å². The summed E-state index contributed by atoms with van der Waals surface area (Å²) in [5.74, 6) is 0.644. The first-order valence-corrected chi connectivity index (χ1v) is 7.61. The highest BCUT2D eigenvalue weighted by molar-refractivity contribution is 5.54. The highest BCUT2D eigenvalue weighted by Crippen LogP contribution is 2.13. The molecule has 0 atom stereocenters. The number of nitrogens with zero attached hydrogens (tertiary/aromatic N) is 2. The third-order valence-corrected chi connectivity index (χ3v) is 3.31. The van der Waals surface area contributed by atoms with Crippen molar-refractivity contribution in [2.75, 3.05) is 13.1 Å². The van der Waals surface area contributed by atoms with Gasteiger partial charge in [0.2, 0.25) is 0 Å². The highest BCUT2D eigenvalue weighted by atomic mass is 16.1. The Hall–Kier alpha value is -1.94. The van der Waals surface area contributed by atoms with Crippen LogP contribution in [0.25, 0.3) is 11.4 Å². The van der Waals surface area contributed by atoms with Crippen LogP contribution in [0.3, 0.4) is 0 Å². The fourth-order valence-electron chi connectivity index (χ4n) is 2.45. The molecule has 4 nitrogen and oxygen atoms in total. The van der Waals surface area contributed by atoms with Gasteiger partial charge in [-0.05, 0) is 25.9 Å². The summed E-state index contributed by atoms with van der Waals surface area (Å²) in [6, 6.07) is 11.4. The van der Waals surface area contributed by atoms with Gasteiger partial charge in [-0.1, -0.05) is 44.2 Å². The van der Waals surface area contributed by atoms with Crippen LogP contribution in [-0.4, -0.2) is 28.0 Å². The Morgan fingerprint density at radius 1 is 1.10 bits per heavy atom. The van der Waals surface area contributed by atoms with Gasteiger partial charge in [-0.2, -0.15) is 0 Å². The minimum atomic E-state index is -0.0909. The van der Waals surface area contributed by atoms with Gasteiger partial charge in [0, 0.05) is 18.2 Å². The van der Waals surface area contributed by atoms with Crippen LogP contribution >= 0.6 is 0 Å². The molecule has 1 aromatic heterocycles. The highest BCUT2D eigenvalue weighted by Gasteiger charge is 2.08. The number of aromatic nitrogens is 2. The summed E-state index contributed by atoms with van der Waals surface area (Å²) in [6.07, 6.45) is 2.21. The Morgan fingerprint density at radius 2 is 1.76 bits per heavy atom. The van der Waals surface area contributed by atoms with Gasteiger partial charge in [0.15, 0.2) is 0 Å². The lowest BCUT2D eigenvalue weighted by Gasteiger charge is -2.20. The third-order valence-electron chi connectivity index (χ3n) is 3.31. The molecule has 0 radical (unpaired) electrons. The molecule has 4 heteroatoms. The van der Waals surface area contributed by atoms with E-state index in [-0.39, 0.29) is 5.56 Å². The fourth-order valence-corrected chi connectivity index (χ4v) is 2.45. The van der Waals surface area contributed by atoms with Crippen LogP contribution in [-0.2, 0) is 6.54 Å². The zero-order chi connectivity index (χ0) is 15.1. The Labute approximate surface area is 125 Å². The Morgan fingerprint density at radius 3 is 2.38 bits per heavy atom. The first-order valence-electron chi connectivity index (χ1n) is 7.61. The van der Waals surface area contributed by atoms with Crippen molar-refractivity contribution in [3.05, 3.63) is 52.4 Å². The van der Waals surface area contributed by atoms with E-state index < -0.39 is 0 Å². The maximum Gasteiger partial charge on any atom is 0.251 e. The van der Waals surface area contributed by atoms with Gasteiger partial charge in [0.1, 0.15) is 5.82 Å². The molecule has 0 saturated heterocycles. The number of hydrogen-bond acceptors (Lipinski definition) is 3. The van der Waals surface area contributed by atoms with E-state index in [1.807, 2.05) is 30.3 Å². The van der Waals surface area contributed by atoms with Gasteiger partial charge in [-0.25, -0.2) is 4.98 Å². The van der Waals surface area contributed by atoms with Gasteiger partial charge < -0.3 is 4.98 Å². The maximum absolute atomic E-state index is 11.9. The van der Waals surface area contributed by atoms with Crippen LogP contribution in [0, 0.1) is 0 Å².